The number of hydrogen-bond donors (Lipinski definition) is 3. The van der Waals surface area contributed by atoms with Gasteiger partial charge in [-0.15, -0.1) is 0 Å². The fraction of sp³-hybridized carbons (Fsp3) is 0.386. The number of carbonyl (C=O) groups excluding carboxylic acids is 3. The Morgan fingerprint density at radius 2 is 1.71 bits per heavy atom. The molecule has 3 aromatic heterocycles. The molecule has 0 radical (unpaired) electrons. The number of imide groups is 1. The van der Waals surface area contributed by atoms with Gasteiger partial charge in [0.1, 0.15) is 17.6 Å². The third-order valence-electron chi connectivity index (χ3n) is 15.8. The molecule has 4 aliphatic rings. The number of aryl methyl sites for hydroxylation is 1. The van der Waals surface area contributed by atoms with E-state index in [-0.39, 0.29) is 43.1 Å². The van der Waals surface area contributed by atoms with Gasteiger partial charge in [0.2, 0.25) is 11.8 Å². The predicted octanol–water partition coefficient (Wildman–Crippen LogP) is 10.1. The van der Waals surface area contributed by atoms with Gasteiger partial charge in [0, 0.05) is 68.4 Å². The van der Waals surface area contributed by atoms with Gasteiger partial charge in [-0.2, -0.15) is 18.3 Å². The highest BCUT2D eigenvalue weighted by Crippen LogP contribution is 2.39. The van der Waals surface area contributed by atoms with E-state index in [1.54, 1.807) is 42.1 Å². The number of hydrogen-bond acceptors (Lipinski definition) is 12. The van der Waals surface area contributed by atoms with Crippen LogP contribution in [0.5, 0.6) is 5.75 Å². The molecule has 0 spiro atoms. The molecule has 1 aliphatic carbocycles. The van der Waals surface area contributed by atoms with Crippen molar-refractivity contribution in [1.82, 2.24) is 30.0 Å². The molecule has 0 bridgehead atoms. The molecule has 394 valence electrons. The fourth-order valence-electron chi connectivity index (χ4n) is 11.7. The topological polar surface area (TPSA) is 175 Å². The Labute approximate surface area is 441 Å². The van der Waals surface area contributed by atoms with E-state index in [0.29, 0.717) is 101 Å². The average molecular weight is 1050 g/mol. The lowest BCUT2D eigenvalue weighted by Gasteiger charge is -2.43. The number of pyridine rings is 1. The first kappa shape index (κ1) is 50.8. The fourth-order valence-corrected chi connectivity index (χ4v) is 12.6. The third-order valence-corrected chi connectivity index (χ3v) is 16.7. The van der Waals surface area contributed by atoms with Gasteiger partial charge in [0.15, 0.2) is 10.8 Å². The number of anilines is 3. The number of piperazine rings is 1. The number of ether oxygens (including phenoxy) is 1. The number of carboxylic acids is 1. The van der Waals surface area contributed by atoms with Crippen molar-refractivity contribution < 1.29 is 42.2 Å². The minimum atomic E-state index is -4.45. The summed E-state index contributed by atoms with van der Waals surface area (Å²) in [5, 5.41) is 21.7. The van der Waals surface area contributed by atoms with Crippen molar-refractivity contribution in [3.05, 3.63) is 125 Å². The number of nitrogens with zero attached hydrogens (tertiary/aromatic N) is 7. The Morgan fingerprint density at radius 1 is 0.895 bits per heavy atom. The summed E-state index contributed by atoms with van der Waals surface area (Å²) in [5.41, 5.74) is 6.79. The summed E-state index contributed by atoms with van der Waals surface area (Å²) in [4.78, 5) is 65.6. The summed E-state index contributed by atoms with van der Waals surface area (Å²) < 4.78 is 53.5. The van der Waals surface area contributed by atoms with Gasteiger partial charge in [-0.05, 0) is 148 Å². The van der Waals surface area contributed by atoms with Gasteiger partial charge in [-0.3, -0.25) is 34.6 Å². The summed E-state index contributed by atoms with van der Waals surface area (Å²) in [7, 11) is 1.71. The molecule has 7 aromatic rings. The second kappa shape index (κ2) is 21.0. The quantitative estimate of drug-likeness (QED) is 0.0934. The molecule has 19 heteroatoms. The first-order chi connectivity index (χ1) is 36.6. The molecule has 15 nitrogen and oxygen atoms in total. The van der Waals surface area contributed by atoms with Crippen LogP contribution in [-0.2, 0) is 29.6 Å². The van der Waals surface area contributed by atoms with Crippen LogP contribution in [0, 0.1) is 12.8 Å². The molecule has 1 saturated carbocycles. The van der Waals surface area contributed by atoms with Crippen molar-refractivity contribution >= 4 is 72.8 Å². The number of piperidine rings is 1. The van der Waals surface area contributed by atoms with Crippen LogP contribution in [0.25, 0.3) is 32.2 Å². The van der Waals surface area contributed by atoms with E-state index >= 15 is 0 Å². The lowest BCUT2D eigenvalue weighted by Crippen LogP contribution is -2.59. The molecule has 4 aromatic carbocycles. The number of aromatic nitrogens is 4. The monoisotopic (exact) mass is 1050 g/mol. The van der Waals surface area contributed by atoms with E-state index in [4.69, 9.17) is 9.72 Å². The summed E-state index contributed by atoms with van der Waals surface area (Å²) in [6, 6.07) is 26.2. The molecule has 3 N–H and O–H groups in total. The normalized spacial score (nSPS) is 20.4. The van der Waals surface area contributed by atoms with Crippen molar-refractivity contribution in [3.8, 4) is 16.9 Å². The zero-order chi connectivity index (χ0) is 52.8. The number of aromatic carboxylic acids is 1. The van der Waals surface area contributed by atoms with Crippen molar-refractivity contribution in [1.29, 1.82) is 0 Å². The van der Waals surface area contributed by atoms with E-state index in [2.05, 4.69) is 20.7 Å². The number of amides is 3. The maximum absolute atomic E-state index is 14.8. The first-order valence-corrected chi connectivity index (χ1v) is 26.9. The van der Waals surface area contributed by atoms with Crippen LogP contribution in [0.3, 0.4) is 0 Å². The van der Waals surface area contributed by atoms with E-state index in [1.165, 1.54) is 16.2 Å². The van der Waals surface area contributed by atoms with Gasteiger partial charge < -0.3 is 19.6 Å². The molecule has 1 unspecified atom stereocenters. The number of para-hydroxylation sites is 1. The number of fused-ring (bicyclic) bond motifs is 3. The van der Waals surface area contributed by atoms with Crippen molar-refractivity contribution in [2.24, 2.45) is 13.0 Å². The van der Waals surface area contributed by atoms with Crippen LogP contribution in [0.1, 0.15) is 101 Å². The Hall–Kier alpha value is -7.38. The van der Waals surface area contributed by atoms with Gasteiger partial charge in [0.25, 0.3) is 5.91 Å². The molecular formula is C57H58F3N9O6S. The van der Waals surface area contributed by atoms with E-state index in [9.17, 15) is 37.5 Å². The lowest BCUT2D eigenvalue weighted by molar-refractivity contribution is -0.156. The average Bonchev–Trinajstić information content (AvgIpc) is 4.02. The summed E-state index contributed by atoms with van der Waals surface area (Å²) in [6.45, 7) is 4.05. The molecule has 11 rings (SSSR count). The van der Waals surface area contributed by atoms with Crippen molar-refractivity contribution in [3.63, 3.8) is 0 Å². The maximum atomic E-state index is 14.8. The summed E-state index contributed by atoms with van der Waals surface area (Å²) >= 11 is 1.42. The zero-order valence-corrected chi connectivity index (χ0v) is 43.1. The molecule has 2 saturated heterocycles. The number of alkyl halides is 3. The van der Waals surface area contributed by atoms with Crippen LogP contribution in [0.4, 0.5) is 29.8 Å². The first-order valence-electron chi connectivity index (χ1n) is 26.0. The van der Waals surface area contributed by atoms with Crippen molar-refractivity contribution in [2.75, 3.05) is 47.8 Å². The van der Waals surface area contributed by atoms with Gasteiger partial charge in [-0.1, -0.05) is 47.7 Å². The molecular weight excluding hydrogens is 996 g/mol. The van der Waals surface area contributed by atoms with Crippen LogP contribution >= 0.6 is 11.3 Å². The standard InChI is InChI=1S/C57H58F3N9O6S/c1-33-38(39-21-23-49(62-52(39)55(73)74)68-27-25-35-9-5-11-40(43(35)31-68)53(71)64-56-61-44-12-3-4-14-47(44)76-56)10-6-13-46(33)75-37-18-15-34(16-19-37)8-7-26-67-28-29-69(48(32-67)57(58,59)60)36-17-20-41-45(30-36)66(2)65-51(41)42-22-24-50(70)63-54(42)72/h3-6,9-14,17,20-21,23,30,34,37,42,48H,7-8,15-16,18-19,22,24-29,31-32H2,1-2H3,(H,73,74)(H,61,64,71)(H,63,70,72)/t34?,37?,42?,48-/m1/s1. The van der Waals surface area contributed by atoms with Gasteiger partial charge in [-0.25, -0.2) is 14.8 Å². The minimum Gasteiger partial charge on any atom is -0.490 e. The largest absolute Gasteiger partial charge is 0.490 e. The highest BCUT2D eigenvalue weighted by Gasteiger charge is 2.47. The highest BCUT2D eigenvalue weighted by atomic mass is 32.1. The third kappa shape index (κ3) is 10.3. The zero-order valence-electron chi connectivity index (χ0n) is 42.2. The molecule has 2 atom stereocenters. The lowest BCUT2D eigenvalue weighted by atomic mass is 9.84. The molecule has 76 heavy (non-hydrogen) atoms. The van der Waals surface area contributed by atoms with Gasteiger partial charge >= 0.3 is 12.1 Å². The number of halogens is 3. The Bertz CT molecular complexity index is 3360. The number of nitrogens with one attached hydrogen (secondary N) is 2. The second-order valence-corrected chi connectivity index (χ2v) is 21.6. The SMILES string of the molecule is Cc1c(OC2CCC(CCCN3CCN(c4ccc5c(C6CCC(=O)NC6=O)nn(C)c5c4)[C@@H](C(F)(F)F)C3)CC2)cccc1-c1ccc(N2CCc3cccc(C(=O)Nc4nc5ccccc5s4)c3C2)nc1C(=O)O. The van der Waals surface area contributed by atoms with Crippen LogP contribution < -0.4 is 25.2 Å². The molecule has 6 heterocycles. The van der Waals surface area contributed by atoms with Crippen LogP contribution in [0.15, 0.2) is 91.0 Å². The number of carbonyl (C=O) groups is 4. The van der Waals surface area contributed by atoms with Crippen molar-refractivity contribution in [2.45, 2.75) is 95.5 Å². The Balaban J connectivity index is 0.685. The summed E-state index contributed by atoms with van der Waals surface area (Å²) in [5.74, 6) is -1.13. The Kier molecular flexibility index (Phi) is 14.0. The number of benzene rings is 4. The van der Waals surface area contributed by atoms with Crippen LogP contribution in [0.2, 0.25) is 0 Å². The highest BCUT2D eigenvalue weighted by molar-refractivity contribution is 7.22. The predicted molar refractivity (Wildman–Crippen MR) is 285 cm³/mol. The van der Waals surface area contributed by atoms with Gasteiger partial charge in [0.05, 0.1) is 33.4 Å². The molecule has 3 aliphatic heterocycles. The Morgan fingerprint density at radius 3 is 2.50 bits per heavy atom. The second-order valence-electron chi connectivity index (χ2n) is 20.5. The van der Waals surface area contributed by atoms with E-state index in [0.717, 1.165) is 65.4 Å². The number of thiazole rings is 1. The van der Waals surface area contributed by atoms with E-state index < -0.39 is 30.0 Å². The molecule has 3 amide bonds. The van der Waals surface area contributed by atoms with Crippen LogP contribution in [-0.4, -0.2) is 104 Å². The van der Waals surface area contributed by atoms with E-state index in [1.807, 2.05) is 77.4 Å². The maximum Gasteiger partial charge on any atom is 0.409 e. The summed E-state index contributed by atoms with van der Waals surface area (Å²) in [6.07, 6.45) is 1.95. The smallest absolute Gasteiger partial charge is 0.409 e. The number of rotatable bonds is 13. The number of carboxylic acid groups (broad SMARTS) is 1. The molecule has 3 fully saturated rings. The minimum absolute atomic E-state index is 0.0324.